The number of fused-ring (bicyclic) bond motifs is 2. The highest BCUT2D eigenvalue weighted by molar-refractivity contribution is 5.85. The van der Waals surface area contributed by atoms with Crippen LogP contribution in [0.15, 0.2) is 0 Å². The van der Waals surface area contributed by atoms with E-state index >= 15 is 0 Å². The van der Waals surface area contributed by atoms with Crippen LogP contribution >= 0.6 is 12.4 Å². The molecule has 84 valence electrons. The summed E-state index contributed by atoms with van der Waals surface area (Å²) in [6.07, 6.45) is 2.58. The first-order chi connectivity index (χ1) is 6.11. The van der Waals surface area contributed by atoms with Crippen molar-refractivity contribution in [2.75, 3.05) is 13.7 Å². The van der Waals surface area contributed by atoms with E-state index in [1.807, 2.05) is 7.05 Å². The number of hydrogen-bond acceptors (Lipinski definition) is 2. The molecule has 0 aromatic carbocycles. The van der Waals surface area contributed by atoms with E-state index < -0.39 is 0 Å². The zero-order valence-corrected chi connectivity index (χ0v) is 10.1. The highest BCUT2D eigenvalue weighted by atomic mass is 35.5. The fourth-order valence-electron chi connectivity index (χ4n) is 3.53. The SMILES string of the molecule is CNC1C(CO)CC2CC1C2(C)C.Cl. The summed E-state index contributed by atoms with van der Waals surface area (Å²) in [5.41, 5.74) is 0.513. The highest BCUT2D eigenvalue weighted by Crippen LogP contribution is 2.60. The third-order valence-electron chi connectivity index (χ3n) is 4.64. The van der Waals surface area contributed by atoms with Crippen LogP contribution < -0.4 is 5.32 Å². The maximum absolute atomic E-state index is 9.26. The molecular weight excluding hydrogens is 198 g/mol. The number of aliphatic hydroxyl groups is 1. The second-order valence-corrected chi connectivity index (χ2v) is 5.35. The quantitative estimate of drug-likeness (QED) is 0.741. The molecule has 3 aliphatic carbocycles. The van der Waals surface area contributed by atoms with Crippen LogP contribution in [0.4, 0.5) is 0 Å². The van der Waals surface area contributed by atoms with E-state index in [2.05, 4.69) is 19.2 Å². The molecule has 0 aromatic heterocycles. The monoisotopic (exact) mass is 219 g/mol. The van der Waals surface area contributed by atoms with Gasteiger partial charge in [0.05, 0.1) is 0 Å². The van der Waals surface area contributed by atoms with Crippen LogP contribution in [-0.4, -0.2) is 24.8 Å². The van der Waals surface area contributed by atoms with Crippen LogP contribution in [0.1, 0.15) is 26.7 Å². The van der Waals surface area contributed by atoms with Gasteiger partial charge in [0.1, 0.15) is 0 Å². The maximum atomic E-state index is 9.26. The molecule has 2 nitrogen and oxygen atoms in total. The Morgan fingerprint density at radius 3 is 2.43 bits per heavy atom. The van der Waals surface area contributed by atoms with Crippen molar-refractivity contribution >= 4 is 12.4 Å². The molecule has 3 aliphatic rings. The lowest BCUT2D eigenvalue weighted by molar-refractivity contribution is -0.120. The van der Waals surface area contributed by atoms with Gasteiger partial charge in [-0.1, -0.05) is 13.8 Å². The van der Waals surface area contributed by atoms with Gasteiger partial charge >= 0.3 is 0 Å². The van der Waals surface area contributed by atoms with Crippen molar-refractivity contribution in [1.29, 1.82) is 0 Å². The lowest BCUT2D eigenvalue weighted by atomic mass is 9.45. The van der Waals surface area contributed by atoms with Gasteiger partial charge in [0.25, 0.3) is 0 Å². The largest absolute Gasteiger partial charge is 0.396 e. The molecule has 2 N–H and O–H groups in total. The number of aliphatic hydroxyl groups excluding tert-OH is 1. The third kappa shape index (κ3) is 1.48. The number of halogens is 1. The second-order valence-electron chi connectivity index (χ2n) is 5.35. The molecule has 3 rings (SSSR count). The van der Waals surface area contributed by atoms with Crippen LogP contribution in [-0.2, 0) is 0 Å². The van der Waals surface area contributed by atoms with Gasteiger partial charge in [-0.15, -0.1) is 12.4 Å². The van der Waals surface area contributed by atoms with E-state index in [9.17, 15) is 5.11 Å². The lowest BCUT2D eigenvalue weighted by Gasteiger charge is -2.62. The van der Waals surface area contributed by atoms with Crippen LogP contribution in [0.3, 0.4) is 0 Å². The van der Waals surface area contributed by atoms with Crippen molar-refractivity contribution in [3.8, 4) is 0 Å². The molecule has 14 heavy (non-hydrogen) atoms. The van der Waals surface area contributed by atoms with Crippen molar-refractivity contribution < 1.29 is 5.11 Å². The summed E-state index contributed by atoms with van der Waals surface area (Å²) < 4.78 is 0. The average Bonchev–Trinajstić information content (AvgIpc) is 2.16. The molecule has 0 aromatic rings. The maximum Gasteiger partial charge on any atom is 0.0474 e. The molecule has 0 spiro atoms. The zero-order valence-electron chi connectivity index (χ0n) is 9.29. The van der Waals surface area contributed by atoms with Gasteiger partial charge in [-0.05, 0) is 43.1 Å². The van der Waals surface area contributed by atoms with Crippen molar-refractivity contribution in [2.24, 2.45) is 23.2 Å². The minimum absolute atomic E-state index is 0. The summed E-state index contributed by atoms with van der Waals surface area (Å²) in [6, 6.07) is 0.546. The Balaban J connectivity index is 0.000000980. The second kappa shape index (κ2) is 3.99. The Bertz CT molecular complexity index is 207. The first-order valence-corrected chi connectivity index (χ1v) is 5.39. The summed E-state index contributed by atoms with van der Waals surface area (Å²) in [5.74, 6) is 2.15. The van der Waals surface area contributed by atoms with E-state index in [0.717, 1.165) is 11.8 Å². The number of nitrogens with one attached hydrogen (secondary N) is 1. The van der Waals surface area contributed by atoms with E-state index in [4.69, 9.17) is 0 Å². The van der Waals surface area contributed by atoms with Gasteiger partial charge in [0, 0.05) is 12.6 Å². The summed E-state index contributed by atoms with van der Waals surface area (Å²) >= 11 is 0. The highest BCUT2D eigenvalue weighted by Gasteiger charge is 2.56. The van der Waals surface area contributed by atoms with Crippen molar-refractivity contribution in [2.45, 2.75) is 32.7 Å². The van der Waals surface area contributed by atoms with E-state index in [1.54, 1.807) is 0 Å². The molecule has 0 heterocycles. The van der Waals surface area contributed by atoms with Crippen LogP contribution in [0.5, 0.6) is 0 Å². The first kappa shape index (κ1) is 12.3. The predicted molar refractivity (Wildman–Crippen MR) is 60.7 cm³/mol. The molecule has 0 amide bonds. The molecule has 3 heteroatoms. The van der Waals surface area contributed by atoms with E-state index in [1.165, 1.54) is 12.8 Å². The molecule has 3 saturated carbocycles. The van der Waals surface area contributed by atoms with Gasteiger partial charge < -0.3 is 10.4 Å². The number of hydrogen-bond donors (Lipinski definition) is 2. The molecule has 3 fully saturated rings. The minimum atomic E-state index is 0. The summed E-state index contributed by atoms with van der Waals surface area (Å²) in [4.78, 5) is 0. The fraction of sp³-hybridized carbons (Fsp3) is 1.00. The Morgan fingerprint density at radius 1 is 1.36 bits per heavy atom. The molecule has 0 aliphatic heterocycles. The predicted octanol–water partition coefficient (Wildman–Crippen LogP) is 1.67. The molecule has 2 bridgehead atoms. The van der Waals surface area contributed by atoms with Crippen LogP contribution in [0.2, 0.25) is 0 Å². The molecule has 0 saturated heterocycles. The van der Waals surface area contributed by atoms with E-state index in [0.29, 0.717) is 24.0 Å². The van der Waals surface area contributed by atoms with Gasteiger partial charge in [-0.2, -0.15) is 0 Å². The van der Waals surface area contributed by atoms with Crippen molar-refractivity contribution in [3.05, 3.63) is 0 Å². The molecule has 4 atom stereocenters. The Kier molecular flexibility index (Phi) is 3.50. The van der Waals surface area contributed by atoms with Gasteiger partial charge in [0.15, 0.2) is 0 Å². The zero-order chi connectivity index (χ0) is 9.64. The average molecular weight is 220 g/mol. The summed E-state index contributed by atoms with van der Waals surface area (Å²) in [5, 5.41) is 12.6. The van der Waals surface area contributed by atoms with Crippen LogP contribution in [0.25, 0.3) is 0 Å². The topological polar surface area (TPSA) is 32.3 Å². The summed E-state index contributed by atoms with van der Waals surface area (Å²) in [7, 11) is 2.03. The van der Waals surface area contributed by atoms with Gasteiger partial charge in [-0.3, -0.25) is 0 Å². The normalized spacial score (nSPS) is 43.7. The van der Waals surface area contributed by atoms with Crippen molar-refractivity contribution in [3.63, 3.8) is 0 Å². The molecular formula is C11H22ClNO. The molecule has 0 radical (unpaired) electrons. The van der Waals surface area contributed by atoms with Gasteiger partial charge in [-0.25, -0.2) is 0 Å². The Labute approximate surface area is 92.9 Å². The standard InChI is InChI=1S/C11H21NO.ClH/c1-11(2)8-4-7(6-13)10(12-3)9(11)5-8;/h7-10,12-13H,4-6H2,1-3H3;1H. The summed E-state index contributed by atoms with van der Waals surface area (Å²) in [6.45, 7) is 5.11. The fourth-order valence-corrected chi connectivity index (χ4v) is 3.53. The Hall–Kier alpha value is 0.210. The lowest BCUT2D eigenvalue weighted by Crippen LogP contribution is -2.62. The Morgan fingerprint density at radius 2 is 2.00 bits per heavy atom. The van der Waals surface area contributed by atoms with Gasteiger partial charge in [0.2, 0.25) is 0 Å². The minimum Gasteiger partial charge on any atom is -0.396 e. The van der Waals surface area contributed by atoms with E-state index in [-0.39, 0.29) is 12.4 Å². The molecule has 4 unspecified atom stereocenters. The third-order valence-corrected chi connectivity index (χ3v) is 4.64. The number of rotatable bonds is 2. The van der Waals surface area contributed by atoms with Crippen molar-refractivity contribution in [1.82, 2.24) is 5.32 Å². The first-order valence-electron chi connectivity index (χ1n) is 5.39. The smallest absolute Gasteiger partial charge is 0.0474 e. The van der Waals surface area contributed by atoms with Crippen LogP contribution in [0, 0.1) is 23.2 Å².